The highest BCUT2D eigenvalue weighted by molar-refractivity contribution is 5.79. The molecule has 0 amide bonds. The molecule has 148 valence electrons. The number of unbranched alkanes of at least 4 members (excludes halogenated alkanes) is 3. The van der Waals surface area contributed by atoms with Crippen LogP contribution in [0.25, 0.3) is 0 Å². The van der Waals surface area contributed by atoms with Crippen molar-refractivity contribution < 1.29 is 14.1 Å². The third-order valence-corrected chi connectivity index (χ3v) is 4.46. The van der Waals surface area contributed by atoms with E-state index in [1.54, 1.807) is 7.05 Å². The summed E-state index contributed by atoms with van der Waals surface area (Å²) in [5.74, 6) is 1.90. The Labute approximate surface area is 157 Å². The molecule has 2 N–H and O–H groups in total. The van der Waals surface area contributed by atoms with Gasteiger partial charge in [-0.1, -0.05) is 31.8 Å². The van der Waals surface area contributed by atoms with Crippen molar-refractivity contribution >= 4 is 11.9 Å². The topological polar surface area (TPSA) is 88.8 Å². The SMILES string of the molecule is CCC(CC)c1cc(CNC(=NC)NCCCCCCC(=O)OC)on1. The van der Waals surface area contributed by atoms with E-state index in [2.05, 4.69) is 39.4 Å². The molecule has 0 aliphatic rings. The summed E-state index contributed by atoms with van der Waals surface area (Å²) >= 11 is 0. The summed E-state index contributed by atoms with van der Waals surface area (Å²) in [5.41, 5.74) is 1.03. The molecule has 7 nitrogen and oxygen atoms in total. The van der Waals surface area contributed by atoms with Crippen molar-refractivity contribution in [2.24, 2.45) is 4.99 Å². The Morgan fingerprint density at radius 3 is 2.62 bits per heavy atom. The van der Waals surface area contributed by atoms with Crippen molar-refractivity contribution in [3.05, 3.63) is 17.5 Å². The molecule has 0 atom stereocenters. The van der Waals surface area contributed by atoms with Gasteiger partial charge in [-0.2, -0.15) is 0 Å². The van der Waals surface area contributed by atoms with Crippen LogP contribution in [0.3, 0.4) is 0 Å². The smallest absolute Gasteiger partial charge is 0.305 e. The number of esters is 1. The fourth-order valence-corrected chi connectivity index (χ4v) is 2.76. The summed E-state index contributed by atoms with van der Waals surface area (Å²) < 4.78 is 10.0. The maximum Gasteiger partial charge on any atom is 0.305 e. The molecule has 0 fully saturated rings. The number of ether oxygens (including phenoxy) is 1. The number of methoxy groups -OCH3 is 1. The van der Waals surface area contributed by atoms with E-state index in [-0.39, 0.29) is 5.97 Å². The minimum absolute atomic E-state index is 0.132. The van der Waals surface area contributed by atoms with Crippen LogP contribution >= 0.6 is 0 Å². The van der Waals surface area contributed by atoms with Crippen LogP contribution in [-0.2, 0) is 16.1 Å². The van der Waals surface area contributed by atoms with Gasteiger partial charge in [0.2, 0.25) is 0 Å². The molecular formula is C19H34N4O3. The largest absolute Gasteiger partial charge is 0.469 e. The second-order valence-electron chi connectivity index (χ2n) is 6.32. The number of carbonyl (C=O) groups is 1. The normalized spacial score (nSPS) is 11.7. The van der Waals surface area contributed by atoms with Crippen LogP contribution in [0.2, 0.25) is 0 Å². The van der Waals surface area contributed by atoms with E-state index in [1.807, 2.05) is 6.07 Å². The molecule has 1 aromatic rings. The molecule has 1 heterocycles. The van der Waals surface area contributed by atoms with Gasteiger partial charge in [0.05, 0.1) is 19.3 Å². The first-order valence-corrected chi connectivity index (χ1v) is 9.61. The highest BCUT2D eigenvalue weighted by atomic mass is 16.5. The Morgan fingerprint density at radius 2 is 1.96 bits per heavy atom. The minimum Gasteiger partial charge on any atom is -0.469 e. The maximum atomic E-state index is 11.0. The number of guanidine groups is 1. The van der Waals surface area contributed by atoms with Gasteiger partial charge in [-0.25, -0.2) is 0 Å². The molecule has 0 saturated carbocycles. The van der Waals surface area contributed by atoms with Crippen molar-refractivity contribution in [1.82, 2.24) is 15.8 Å². The summed E-state index contributed by atoms with van der Waals surface area (Å²) in [7, 11) is 3.18. The Kier molecular flexibility index (Phi) is 11.2. The number of nitrogens with one attached hydrogen (secondary N) is 2. The first kappa shape index (κ1) is 22.0. The van der Waals surface area contributed by atoms with E-state index in [0.29, 0.717) is 18.9 Å². The van der Waals surface area contributed by atoms with Crippen molar-refractivity contribution in [2.45, 2.75) is 71.3 Å². The number of hydrogen-bond donors (Lipinski definition) is 2. The lowest BCUT2D eigenvalue weighted by atomic mass is 9.99. The van der Waals surface area contributed by atoms with Gasteiger partial charge in [0.15, 0.2) is 11.7 Å². The number of rotatable bonds is 12. The Hall–Kier alpha value is -2.05. The predicted octanol–water partition coefficient (Wildman–Crippen LogP) is 3.37. The second kappa shape index (κ2) is 13.2. The van der Waals surface area contributed by atoms with Crippen LogP contribution in [-0.4, -0.2) is 37.8 Å². The summed E-state index contributed by atoms with van der Waals surface area (Å²) in [6.45, 7) is 5.74. The average Bonchev–Trinajstić information content (AvgIpc) is 3.12. The fourth-order valence-electron chi connectivity index (χ4n) is 2.76. The van der Waals surface area contributed by atoms with E-state index >= 15 is 0 Å². The zero-order valence-corrected chi connectivity index (χ0v) is 16.6. The predicted molar refractivity (Wildman–Crippen MR) is 103 cm³/mol. The lowest BCUT2D eigenvalue weighted by molar-refractivity contribution is -0.140. The monoisotopic (exact) mass is 366 g/mol. The highest BCUT2D eigenvalue weighted by Gasteiger charge is 2.13. The van der Waals surface area contributed by atoms with E-state index < -0.39 is 0 Å². The molecule has 0 aliphatic carbocycles. The molecule has 0 bridgehead atoms. The van der Waals surface area contributed by atoms with E-state index in [0.717, 1.165) is 62.5 Å². The molecule has 7 heteroatoms. The Balaban J connectivity index is 2.20. The summed E-state index contributed by atoms with van der Waals surface area (Å²) in [4.78, 5) is 15.2. The zero-order chi connectivity index (χ0) is 19.2. The molecule has 1 aromatic heterocycles. The average molecular weight is 367 g/mol. The van der Waals surface area contributed by atoms with Crippen LogP contribution < -0.4 is 10.6 Å². The summed E-state index contributed by atoms with van der Waals surface area (Å²) in [6.07, 6.45) is 6.65. The van der Waals surface area contributed by atoms with Gasteiger partial charge in [0.25, 0.3) is 0 Å². The van der Waals surface area contributed by atoms with Crippen LogP contribution in [0.5, 0.6) is 0 Å². The summed E-state index contributed by atoms with van der Waals surface area (Å²) in [6, 6.07) is 2.03. The first-order chi connectivity index (χ1) is 12.6. The van der Waals surface area contributed by atoms with Crippen LogP contribution in [0.4, 0.5) is 0 Å². The number of carbonyl (C=O) groups excluding carboxylic acids is 1. The van der Waals surface area contributed by atoms with Crippen molar-refractivity contribution in [1.29, 1.82) is 0 Å². The Bertz CT molecular complexity index is 539. The molecular weight excluding hydrogens is 332 g/mol. The Morgan fingerprint density at radius 1 is 1.23 bits per heavy atom. The molecule has 0 unspecified atom stereocenters. The highest BCUT2D eigenvalue weighted by Crippen LogP contribution is 2.22. The lowest BCUT2D eigenvalue weighted by Gasteiger charge is -2.10. The van der Waals surface area contributed by atoms with E-state index in [1.165, 1.54) is 7.11 Å². The second-order valence-corrected chi connectivity index (χ2v) is 6.32. The van der Waals surface area contributed by atoms with Gasteiger partial charge in [0.1, 0.15) is 0 Å². The van der Waals surface area contributed by atoms with Crippen molar-refractivity contribution in [3.63, 3.8) is 0 Å². The van der Waals surface area contributed by atoms with Crippen molar-refractivity contribution in [3.8, 4) is 0 Å². The molecule has 0 aromatic carbocycles. The third-order valence-electron chi connectivity index (χ3n) is 4.46. The van der Waals surface area contributed by atoms with Gasteiger partial charge in [-0.3, -0.25) is 9.79 Å². The summed E-state index contributed by atoms with van der Waals surface area (Å²) in [5, 5.41) is 10.7. The van der Waals surface area contributed by atoms with Gasteiger partial charge in [0, 0.05) is 32.0 Å². The van der Waals surface area contributed by atoms with Gasteiger partial charge in [-0.05, 0) is 25.7 Å². The number of hydrogen-bond acceptors (Lipinski definition) is 5. The maximum absolute atomic E-state index is 11.0. The molecule has 0 saturated heterocycles. The third kappa shape index (κ3) is 8.36. The lowest BCUT2D eigenvalue weighted by Crippen LogP contribution is -2.37. The van der Waals surface area contributed by atoms with E-state index in [4.69, 9.17) is 4.52 Å². The standard InChI is InChI=1S/C19H34N4O3/c1-5-15(6-2)17-13-16(26-23-17)14-22-19(20-3)21-12-10-8-7-9-11-18(24)25-4/h13,15H,5-12,14H2,1-4H3,(H2,20,21,22). The molecule has 26 heavy (non-hydrogen) atoms. The molecule has 0 aliphatic heterocycles. The molecule has 1 rings (SSSR count). The number of aliphatic imine (C=N–C) groups is 1. The number of aromatic nitrogens is 1. The zero-order valence-electron chi connectivity index (χ0n) is 16.6. The quantitative estimate of drug-likeness (QED) is 0.255. The van der Waals surface area contributed by atoms with Gasteiger partial charge >= 0.3 is 5.97 Å². The van der Waals surface area contributed by atoms with Crippen LogP contribution in [0.1, 0.15) is 76.2 Å². The van der Waals surface area contributed by atoms with Gasteiger partial charge in [-0.15, -0.1) is 0 Å². The van der Waals surface area contributed by atoms with Gasteiger partial charge < -0.3 is 19.9 Å². The molecule has 0 spiro atoms. The minimum atomic E-state index is -0.132. The molecule has 0 radical (unpaired) electrons. The number of nitrogens with zero attached hydrogens (tertiary/aromatic N) is 2. The van der Waals surface area contributed by atoms with Crippen LogP contribution in [0.15, 0.2) is 15.6 Å². The van der Waals surface area contributed by atoms with E-state index in [9.17, 15) is 4.79 Å². The van der Waals surface area contributed by atoms with Crippen LogP contribution in [0, 0.1) is 0 Å². The first-order valence-electron chi connectivity index (χ1n) is 9.61. The van der Waals surface area contributed by atoms with Crippen molar-refractivity contribution in [2.75, 3.05) is 20.7 Å². The fraction of sp³-hybridized carbons (Fsp3) is 0.737.